The number of thiophene rings is 1. The molecular weight excluding hydrogens is 336 g/mol. The minimum Gasteiger partial charge on any atom is -0.493 e. The van der Waals surface area contributed by atoms with Gasteiger partial charge in [-0.1, -0.05) is 17.7 Å². The second kappa shape index (κ2) is 4.85. The summed E-state index contributed by atoms with van der Waals surface area (Å²) in [6.45, 7) is 0.727. The number of benzene rings is 1. The summed E-state index contributed by atoms with van der Waals surface area (Å²) < 4.78 is 6.94. The Bertz CT molecular complexity index is 577. The molecule has 0 aliphatic carbocycles. The van der Waals surface area contributed by atoms with Crippen LogP contribution in [0.5, 0.6) is 5.75 Å². The van der Waals surface area contributed by atoms with Crippen LogP contribution < -0.4 is 4.74 Å². The number of hydrogen-bond donors (Lipinski definition) is 1. The zero-order valence-corrected chi connectivity index (χ0v) is 12.5. The molecule has 1 aromatic heterocycles. The fourth-order valence-corrected chi connectivity index (χ4v) is 3.79. The number of ether oxygens (including phenoxy) is 1. The Morgan fingerprint density at radius 2 is 2.22 bits per heavy atom. The quantitative estimate of drug-likeness (QED) is 0.885. The lowest BCUT2D eigenvalue weighted by atomic mass is 10.0. The normalized spacial score (nSPS) is 15.3. The third kappa shape index (κ3) is 2.18. The van der Waals surface area contributed by atoms with E-state index in [2.05, 4.69) is 15.9 Å². The van der Waals surface area contributed by atoms with E-state index in [4.69, 9.17) is 16.3 Å². The highest BCUT2D eigenvalue weighted by atomic mass is 79.9. The summed E-state index contributed by atoms with van der Waals surface area (Å²) in [6.07, 6.45) is 0.273. The van der Waals surface area contributed by atoms with Crippen LogP contribution in [0.4, 0.5) is 0 Å². The molecule has 2 heterocycles. The van der Waals surface area contributed by atoms with Crippen molar-refractivity contribution in [3.05, 3.63) is 49.1 Å². The van der Waals surface area contributed by atoms with Crippen LogP contribution in [0, 0.1) is 0 Å². The molecule has 0 fully saturated rings. The summed E-state index contributed by atoms with van der Waals surface area (Å²) in [4.78, 5) is 0.839. The van der Waals surface area contributed by atoms with E-state index in [1.54, 1.807) is 0 Å². The minimum atomic E-state index is -0.635. The smallest absolute Gasteiger partial charge is 0.122 e. The first-order valence-electron chi connectivity index (χ1n) is 5.53. The standard InChI is InChI=1S/C13H10BrClO2S/c14-9-6-11(18-13(9)15)12(16)8-1-2-10-7(5-8)3-4-17-10/h1-2,5-6,12,16H,3-4H2. The Morgan fingerprint density at radius 3 is 2.94 bits per heavy atom. The Hall–Kier alpha value is -0.550. The Morgan fingerprint density at radius 1 is 1.39 bits per heavy atom. The maximum atomic E-state index is 10.4. The SMILES string of the molecule is OC(c1ccc2c(c1)CCO2)c1cc(Br)c(Cl)s1. The van der Waals surface area contributed by atoms with E-state index in [0.29, 0.717) is 4.34 Å². The number of rotatable bonds is 2. The molecular formula is C13H10BrClO2S. The van der Waals surface area contributed by atoms with Gasteiger partial charge in [-0.2, -0.15) is 0 Å². The second-order valence-corrected chi connectivity index (χ2v) is 6.68. The zero-order valence-electron chi connectivity index (χ0n) is 9.32. The van der Waals surface area contributed by atoms with Crippen molar-refractivity contribution in [3.63, 3.8) is 0 Å². The first-order valence-corrected chi connectivity index (χ1v) is 7.52. The van der Waals surface area contributed by atoms with Crippen molar-refractivity contribution in [2.75, 3.05) is 6.61 Å². The Balaban J connectivity index is 1.94. The van der Waals surface area contributed by atoms with Crippen molar-refractivity contribution in [1.29, 1.82) is 0 Å². The summed E-state index contributed by atoms with van der Waals surface area (Å²) in [5, 5.41) is 10.4. The molecule has 18 heavy (non-hydrogen) atoms. The zero-order chi connectivity index (χ0) is 12.7. The molecule has 1 N–H and O–H groups in total. The van der Waals surface area contributed by atoms with Crippen molar-refractivity contribution in [2.45, 2.75) is 12.5 Å². The minimum absolute atomic E-state index is 0.635. The molecule has 2 nitrogen and oxygen atoms in total. The van der Waals surface area contributed by atoms with Crippen molar-refractivity contribution in [2.24, 2.45) is 0 Å². The van der Waals surface area contributed by atoms with Gasteiger partial charge in [0, 0.05) is 15.8 Å². The van der Waals surface area contributed by atoms with Gasteiger partial charge in [0.15, 0.2) is 0 Å². The predicted molar refractivity (Wildman–Crippen MR) is 76.7 cm³/mol. The summed E-state index contributed by atoms with van der Waals surface area (Å²) in [5.74, 6) is 0.927. The van der Waals surface area contributed by atoms with Crippen molar-refractivity contribution < 1.29 is 9.84 Å². The van der Waals surface area contributed by atoms with Crippen LogP contribution in [0.15, 0.2) is 28.7 Å². The molecule has 94 valence electrons. The van der Waals surface area contributed by atoms with Crippen LogP contribution in [-0.4, -0.2) is 11.7 Å². The van der Waals surface area contributed by atoms with Crippen LogP contribution >= 0.6 is 38.9 Å². The maximum Gasteiger partial charge on any atom is 0.122 e. The fraction of sp³-hybridized carbons (Fsp3) is 0.231. The van der Waals surface area contributed by atoms with E-state index in [0.717, 1.165) is 39.3 Å². The summed E-state index contributed by atoms with van der Waals surface area (Å²) in [7, 11) is 0. The van der Waals surface area contributed by atoms with Gasteiger partial charge < -0.3 is 9.84 Å². The number of aliphatic hydroxyl groups excluding tert-OH is 1. The van der Waals surface area contributed by atoms with Crippen molar-refractivity contribution in [1.82, 2.24) is 0 Å². The van der Waals surface area contributed by atoms with Gasteiger partial charge in [0.1, 0.15) is 16.2 Å². The van der Waals surface area contributed by atoms with Crippen LogP contribution in [0.2, 0.25) is 4.34 Å². The highest BCUT2D eigenvalue weighted by Crippen LogP contribution is 2.38. The molecule has 0 saturated heterocycles. The third-order valence-corrected chi connectivity index (χ3v) is 5.49. The first-order chi connectivity index (χ1) is 8.65. The molecule has 0 spiro atoms. The lowest BCUT2D eigenvalue weighted by Crippen LogP contribution is -1.97. The fourth-order valence-electron chi connectivity index (χ4n) is 2.04. The molecule has 0 saturated carbocycles. The monoisotopic (exact) mass is 344 g/mol. The van der Waals surface area contributed by atoms with Gasteiger partial charge >= 0.3 is 0 Å². The first kappa shape index (κ1) is 12.5. The maximum absolute atomic E-state index is 10.4. The summed E-state index contributed by atoms with van der Waals surface area (Å²) in [6, 6.07) is 7.69. The number of hydrogen-bond acceptors (Lipinski definition) is 3. The number of halogens is 2. The molecule has 0 bridgehead atoms. The molecule has 1 unspecified atom stereocenters. The molecule has 0 radical (unpaired) electrons. The van der Waals surface area contributed by atoms with Crippen molar-refractivity contribution >= 4 is 38.9 Å². The van der Waals surface area contributed by atoms with Gasteiger partial charge in [0.05, 0.1) is 6.61 Å². The highest BCUT2D eigenvalue weighted by Gasteiger charge is 2.18. The van der Waals surface area contributed by atoms with E-state index >= 15 is 0 Å². The van der Waals surface area contributed by atoms with Gasteiger partial charge in [-0.3, -0.25) is 0 Å². The van der Waals surface area contributed by atoms with Gasteiger partial charge in [0.2, 0.25) is 0 Å². The van der Waals surface area contributed by atoms with E-state index in [1.807, 2.05) is 24.3 Å². The summed E-state index contributed by atoms with van der Waals surface area (Å²) in [5.41, 5.74) is 2.04. The molecule has 3 rings (SSSR count). The third-order valence-electron chi connectivity index (χ3n) is 2.96. The topological polar surface area (TPSA) is 29.5 Å². The number of aliphatic hydroxyl groups is 1. The molecule has 1 aromatic carbocycles. The lowest BCUT2D eigenvalue weighted by molar-refractivity contribution is 0.224. The van der Waals surface area contributed by atoms with Crippen LogP contribution in [-0.2, 0) is 6.42 Å². The van der Waals surface area contributed by atoms with Gasteiger partial charge in [-0.25, -0.2) is 0 Å². The van der Waals surface area contributed by atoms with Gasteiger partial charge in [-0.05, 0) is 45.3 Å². The molecule has 1 aliphatic heterocycles. The largest absolute Gasteiger partial charge is 0.493 e. The predicted octanol–water partition coefficient (Wildman–Crippen LogP) is 4.18. The lowest BCUT2D eigenvalue weighted by Gasteiger charge is -2.10. The Labute approximate surface area is 122 Å². The van der Waals surface area contributed by atoms with E-state index in [1.165, 1.54) is 11.3 Å². The number of fused-ring (bicyclic) bond motifs is 1. The molecule has 2 aromatic rings. The summed E-state index contributed by atoms with van der Waals surface area (Å²) >= 11 is 10.7. The van der Waals surface area contributed by atoms with Crippen LogP contribution in [0.3, 0.4) is 0 Å². The van der Waals surface area contributed by atoms with Gasteiger partial charge in [0.25, 0.3) is 0 Å². The van der Waals surface area contributed by atoms with Crippen molar-refractivity contribution in [3.8, 4) is 5.75 Å². The molecule has 5 heteroatoms. The van der Waals surface area contributed by atoms with Crippen LogP contribution in [0.25, 0.3) is 0 Å². The molecule has 1 aliphatic rings. The molecule has 1 atom stereocenters. The highest BCUT2D eigenvalue weighted by molar-refractivity contribution is 9.10. The van der Waals surface area contributed by atoms with Gasteiger partial charge in [-0.15, -0.1) is 11.3 Å². The van der Waals surface area contributed by atoms with E-state index in [9.17, 15) is 5.11 Å². The Kier molecular flexibility index (Phi) is 3.36. The second-order valence-electron chi connectivity index (χ2n) is 4.14. The average molecular weight is 346 g/mol. The molecule has 0 amide bonds. The van der Waals surface area contributed by atoms with E-state index in [-0.39, 0.29) is 0 Å². The van der Waals surface area contributed by atoms with Crippen LogP contribution in [0.1, 0.15) is 22.1 Å². The van der Waals surface area contributed by atoms with E-state index < -0.39 is 6.10 Å². The average Bonchev–Trinajstić information content (AvgIpc) is 2.95.